The SMILES string of the molecule is Cc1ccc(C(=O)O)cc1Oc1ccc(C#N)nc1. The number of aromatic carboxylic acids is 1. The highest BCUT2D eigenvalue weighted by Gasteiger charge is 2.08. The molecule has 2 aromatic rings. The molecule has 2 rings (SSSR count). The van der Waals surface area contributed by atoms with E-state index in [4.69, 9.17) is 15.1 Å². The monoisotopic (exact) mass is 254 g/mol. The molecule has 0 saturated carbocycles. The van der Waals surface area contributed by atoms with Crippen molar-refractivity contribution < 1.29 is 14.6 Å². The molecule has 1 aromatic heterocycles. The Morgan fingerprint density at radius 3 is 2.74 bits per heavy atom. The van der Waals surface area contributed by atoms with Crippen molar-refractivity contribution in [2.45, 2.75) is 6.92 Å². The average Bonchev–Trinajstić information content (AvgIpc) is 2.42. The maximum Gasteiger partial charge on any atom is 0.335 e. The average molecular weight is 254 g/mol. The van der Waals surface area contributed by atoms with Gasteiger partial charge in [-0.25, -0.2) is 9.78 Å². The second-order valence-electron chi connectivity index (χ2n) is 3.88. The molecular weight excluding hydrogens is 244 g/mol. The number of aryl methyl sites for hydroxylation is 1. The van der Waals surface area contributed by atoms with Gasteiger partial charge in [0.05, 0.1) is 11.8 Å². The van der Waals surface area contributed by atoms with Crippen LogP contribution in [0.2, 0.25) is 0 Å². The number of carbonyl (C=O) groups is 1. The molecule has 1 heterocycles. The van der Waals surface area contributed by atoms with Crippen LogP contribution in [-0.4, -0.2) is 16.1 Å². The molecule has 0 aliphatic carbocycles. The zero-order valence-electron chi connectivity index (χ0n) is 10.1. The lowest BCUT2D eigenvalue weighted by molar-refractivity contribution is 0.0696. The Bertz CT molecular complexity index is 657. The first-order valence-electron chi connectivity index (χ1n) is 5.48. The number of pyridine rings is 1. The van der Waals surface area contributed by atoms with Gasteiger partial charge in [-0.2, -0.15) is 5.26 Å². The largest absolute Gasteiger partial charge is 0.478 e. The summed E-state index contributed by atoms with van der Waals surface area (Å²) in [5.74, 6) is -0.112. The van der Waals surface area contributed by atoms with Crippen molar-refractivity contribution in [3.05, 3.63) is 53.3 Å². The first-order valence-corrected chi connectivity index (χ1v) is 5.48. The maximum atomic E-state index is 10.9. The highest BCUT2D eigenvalue weighted by atomic mass is 16.5. The lowest BCUT2D eigenvalue weighted by Crippen LogP contribution is -1.98. The van der Waals surface area contributed by atoms with Crippen LogP contribution >= 0.6 is 0 Å². The Balaban J connectivity index is 2.29. The van der Waals surface area contributed by atoms with Crippen LogP contribution in [0.15, 0.2) is 36.5 Å². The topological polar surface area (TPSA) is 83.2 Å². The van der Waals surface area contributed by atoms with E-state index < -0.39 is 5.97 Å². The summed E-state index contributed by atoms with van der Waals surface area (Å²) in [5, 5.41) is 17.6. The predicted octanol–water partition coefficient (Wildman–Crippen LogP) is 2.75. The zero-order valence-corrected chi connectivity index (χ0v) is 10.1. The van der Waals surface area contributed by atoms with Crippen LogP contribution in [0.5, 0.6) is 11.5 Å². The quantitative estimate of drug-likeness (QED) is 0.910. The number of hydrogen-bond acceptors (Lipinski definition) is 4. The number of nitrogens with zero attached hydrogens (tertiary/aromatic N) is 2. The fourth-order valence-corrected chi connectivity index (χ4v) is 1.48. The minimum Gasteiger partial charge on any atom is -0.478 e. The number of ether oxygens (including phenoxy) is 1. The van der Waals surface area contributed by atoms with E-state index >= 15 is 0 Å². The molecule has 0 unspecified atom stereocenters. The van der Waals surface area contributed by atoms with Gasteiger partial charge in [0, 0.05) is 0 Å². The summed E-state index contributed by atoms with van der Waals surface area (Å²) in [7, 11) is 0. The maximum absolute atomic E-state index is 10.9. The Kier molecular flexibility index (Phi) is 3.44. The van der Waals surface area contributed by atoms with Crippen LogP contribution in [0.1, 0.15) is 21.6 Å². The van der Waals surface area contributed by atoms with Crippen LogP contribution in [0.4, 0.5) is 0 Å². The molecule has 0 radical (unpaired) electrons. The molecule has 0 atom stereocenters. The van der Waals surface area contributed by atoms with Gasteiger partial charge in [-0.3, -0.25) is 0 Å². The minimum atomic E-state index is -1.01. The van der Waals surface area contributed by atoms with Gasteiger partial charge in [0.2, 0.25) is 0 Å². The summed E-state index contributed by atoms with van der Waals surface area (Å²) >= 11 is 0. The van der Waals surface area contributed by atoms with Crippen LogP contribution in [0.3, 0.4) is 0 Å². The molecule has 5 nitrogen and oxygen atoms in total. The van der Waals surface area contributed by atoms with Crippen molar-refractivity contribution in [1.29, 1.82) is 5.26 Å². The molecule has 0 spiro atoms. The summed E-state index contributed by atoms with van der Waals surface area (Å²) in [4.78, 5) is 14.8. The third-order valence-electron chi connectivity index (χ3n) is 2.51. The molecule has 0 amide bonds. The lowest BCUT2D eigenvalue weighted by atomic mass is 10.1. The van der Waals surface area contributed by atoms with Gasteiger partial charge < -0.3 is 9.84 Å². The molecule has 1 N–H and O–H groups in total. The predicted molar refractivity (Wildman–Crippen MR) is 67.2 cm³/mol. The zero-order chi connectivity index (χ0) is 13.8. The summed E-state index contributed by atoms with van der Waals surface area (Å²) < 4.78 is 5.56. The number of carboxylic acid groups (broad SMARTS) is 1. The van der Waals surface area contributed by atoms with E-state index in [1.54, 1.807) is 12.1 Å². The van der Waals surface area contributed by atoms with Crippen molar-refractivity contribution in [2.24, 2.45) is 0 Å². The molecular formula is C14H10N2O3. The first-order chi connectivity index (χ1) is 9.10. The van der Waals surface area contributed by atoms with Crippen LogP contribution < -0.4 is 4.74 Å². The van der Waals surface area contributed by atoms with Crippen molar-refractivity contribution in [2.75, 3.05) is 0 Å². The molecule has 0 fully saturated rings. The summed E-state index contributed by atoms with van der Waals surface area (Å²) in [6.45, 7) is 1.82. The normalized spacial score (nSPS) is 9.68. The molecule has 0 aliphatic heterocycles. The standard InChI is InChI=1S/C14H10N2O3/c1-9-2-3-10(14(17)18)6-13(9)19-12-5-4-11(7-15)16-8-12/h2-6,8H,1H3,(H,17,18). The Hall–Kier alpha value is -2.87. The van der Waals surface area contributed by atoms with Gasteiger partial charge in [0.25, 0.3) is 0 Å². The van der Waals surface area contributed by atoms with Crippen molar-refractivity contribution >= 4 is 5.97 Å². The fourth-order valence-electron chi connectivity index (χ4n) is 1.48. The van der Waals surface area contributed by atoms with Gasteiger partial charge in [0.15, 0.2) is 0 Å². The van der Waals surface area contributed by atoms with E-state index in [2.05, 4.69) is 4.98 Å². The highest BCUT2D eigenvalue weighted by Crippen LogP contribution is 2.25. The Morgan fingerprint density at radius 1 is 1.37 bits per heavy atom. The van der Waals surface area contributed by atoms with Crippen LogP contribution in [0.25, 0.3) is 0 Å². The summed E-state index contributed by atoms with van der Waals surface area (Å²) in [5.41, 5.74) is 1.26. The summed E-state index contributed by atoms with van der Waals surface area (Å²) in [6, 6.07) is 9.70. The highest BCUT2D eigenvalue weighted by molar-refractivity contribution is 5.88. The molecule has 94 valence electrons. The number of carboxylic acids is 1. The van der Waals surface area contributed by atoms with Gasteiger partial charge in [0.1, 0.15) is 23.3 Å². The van der Waals surface area contributed by atoms with E-state index in [0.29, 0.717) is 17.2 Å². The third-order valence-corrected chi connectivity index (χ3v) is 2.51. The number of rotatable bonds is 3. The molecule has 5 heteroatoms. The van der Waals surface area contributed by atoms with E-state index in [0.717, 1.165) is 5.56 Å². The van der Waals surface area contributed by atoms with Gasteiger partial charge in [-0.05, 0) is 36.8 Å². The Morgan fingerprint density at radius 2 is 2.16 bits per heavy atom. The second-order valence-corrected chi connectivity index (χ2v) is 3.88. The number of nitriles is 1. The Labute approximate surface area is 109 Å². The molecule has 0 saturated heterocycles. The molecule has 19 heavy (non-hydrogen) atoms. The molecule has 1 aromatic carbocycles. The number of aromatic nitrogens is 1. The van der Waals surface area contributed by atoms with E-state index in [1.165, 1.54) is 24.4 Å². The first kappa shape index (κ1) is 12.6. The smallest absolute Gasteiger partial charge is 0.335 e. The van der Waals surface area contributed by atoms with E-state index in [-0.39, 0.29) is 5.56 Å². The van der Waals surface area contributed by atoms with Crippen LogP contribution in [0, 0.1) is 18.3 Å². The van der Waals surface area contributed by atoms with Gasteiger partial charge >= 0.3 is 5.97 Å². The lowest BCUT2D eigenvalue weighted by Gasteiger charge is -2.09. The minimum absolute atomic E-state index is 0.155. The van der Waals surface area contributed by atoms with E-state index in [9.17, 15) is 4.79 Å². The fraction of sp³-hybridized carbons (Fsp3) is 0.0714. The van der Waals surface area contributed by atoms with Crippen LogP contribution in [-0.2, 0) is 0 Å². The van der Waals surface area contributed by atoms with Crippen molar-refractivity contribution in [3.63, 3.8) is 0 Å². The van der Waals surface area contributed by atoms with Crippen molar-refractivity contribution in [1.82, 2.24) is 4.98 Å². The van der Waals surface area contributed by atoms with Gasteiger partial charge in [-0.15, -0.1) is 0 Å². The van der Waals surface area contributed by atoms with E-state index in [1.807, 2.05) is 13.0 Å². The third kappa shape index (κ3) is 2.87. The number of hydrogen-bond donors (Lipinski definition) is 1. The summed E-state index contributed by atoms with van der Waals surface area (Å²) in [6.07, 6.45) is 1.42. The second kappa shape index (κ2) is 5.19. The molecule has 0 bridgehead atoms. The molecule has 0 aliphatic rings. The van der Waals surface area contributed by atoms with Crippen molar-refractivity contribution in [3.8, 4) is 17.6 Å². The van der Waals surface area contributed by atoms with Gasteiger partial charge in [-0.1, -0.05) is 6.07 Å². The number of benzene rings is 1.